The molecule has 0 amide bonds. The summed E-state index contributed by atoms with van der Waals surface area (Å²) in [6.07, 6.45) is 0.677. The summed E-state index contributed by atoms with van der Waals surface area (Å²) in [5.74, 6) is -0.0130. The Balaban J connectivity index is 2.52. The average Bonchev–Trinajstić information content (AvgIpc) is 2.94. The number of ether oxygens (including phenoxy) is 1. The van der Waals surface area contributed by atoms with E-state index in [-0.39, 0.29) is 9.77 Å². The molecule has 0 fully saturated rings. The van der Waals surface area contributed by atoms with Crippen molar-refractivity contribution < 1.29 is 17.9 Å². The summed E-state index contributed by atoms with van der Waals surface area (Å²) in [7, 11) is -2.39. The third-order valence-electron chi connectivity index (χ3n) is 4.40. The monoisotopic (exact) mass is 388 g/mol. The van der Waals surface area contributed by atoms with Crippen LogP contribution >= 0.6 is 11.3 Å². The predicted molar refractivity (Wildman–Crippen MR) is 99.6 cm³/mol. The number of nitrogens with zero attached hydrogens (tertiary/aromatic N) is 2. The van der Waals surface area contributed by atoms with Crippen LogP contribution in [0.2, 0.25) is 0 Å². The molecule has 2 heterocycles. The summed E-state index contributed by atoms with van der Waals surface area (Å²) >= 11 is 1.23. The lowest BCUT2D eigenvalue weighted by molar-refractivity contribution is 0.0595. The molecule has 0 bridgehead atoms. The molecule has 1 aliphatic rings. The van der Waals surface area contributed by atoms with E-state index in [2.05, 4.69) is 18.7 Å². The fourth-order valence-corrected chi connectivity index (χ4v) is 6.80. The number of esters is 1. The van der Waals surface area contributed by atoms with Crippen LogP contribution in [0.1, 0.15) is 48.5 Å². The minimum absolute atomic E-state index is 0.138. The van der Waals surface area contributed by atoms with Gasteiger partial charge < -0.3 is 4.74 Å². The minimum atomic E-state index is -3.69. The number of rotatable bonds is 7. The van der Waals surface area contributed by atoms with Crippen molar-refractivity contribution >= 4 is 27.3 Å². The van der Waals surface area contributed by atoms with Gasteiger partial charge in [-0.15, -0.1) is 11.3 Å². The second-order valence-corrected chi connectivity index (χ2v) is 9.86. The van der Waals surface area contributed by atoms with E-state index in [1.807, 2.05) is 0 Å². The number of hydrogen-bond acceptors (Lipinski definition) is 6. The number of fused-ring (bicyclic) bond motifs is 1. The van der Waals surface area contributed by atoms with Crippen LogP contribution in [0.5, 0.6) is 0 Å². The third-order valence-corrected chi connectivity index (χ3v) is 8.16. The van der Waals surface area contributed by atoms with Gasteiger partial charge in [-0.05, 0) is 17.9 Å². The molecule has 25 heavy (non-hydrogen) atoms. The second kappa shape index (κ2) is 8.16. The Morgan fingerprint density at radius 2 is 1.96 bits per heavy atom. The maximum absolute atomic E-state index is 13.0. The Morgan fingerprint density at radius 1 is 1.32 bits per heavy atom. The fraction of sp³-hybridized carbons (Fsp3) is 0.706. The van der Waals surface area contributed by atoms with Crippen molar-refractivity contribution in [1.29, 1.82) is 0 Å². The lowest BCUT2D eigenvalue weighted by atomic mass is 10.0. The molecule has 1 aromatic heterocycles. The molecule has 0 radical (unpaired) electrons. The van der Waals surface area contributed by atoms with Crippen molar-refractivity contribution in [2.45, 2.75) is 44.9 Å². The molecule has 0 saturated carbocycles. The van der Waals surface area contributed by atoms with Crippen LogP contribution in [-0.4, -0.2) is 56.9 Å². The largest absolute Gasteiger partial charge is 0.465 e. The highest BCUT2D eigenvalue weighted by Gasteiger charge is 2.36. The van der Waals surface area contributed by atoms with E-state index in [0.717, 1.165) is 23.5 Å². The first-order valence-corrected chi connectivity index (χ1v) is 11.0. The van der Waals surface area contributed by atoms with Gasteiger partial charge in [0, 0.05) is 37.6 Å². The highest BCUT2D eigenvalue weighted by Crippen LogP contribution is 2.38. The SMILES string of the molecule is CCN(CC)S(=O)(=O)c1sc2c(c1C(=O)OC)CCN(CC(C)C)C2. The minimum Gasteiger partial charge on any atom is -0.465 e. The molecule has 0 atom stereocenters. The number of hydrogen-bond donors (Lipinski definition) is 0. The summed E-state index contributed by atoms with van der Waals surface area (Å²) < 4.78 is 32.5. The lowest BCUT2D eigenvalue weighted by Gasteiger charge is -2.28. The van der Waals surface area contributed by atoms with E-state index in [1.54, 1.807) is 13.8 Å². The van der Waals surface area contributed by atoms with Gasteiger partial charge in [0.15, 0.2) is 0 Å². The van der Waals surface area contributed by atoms with Gasteiger partial charge in [0.25, 0.3) is 10.0 Å². The van der Waals surface area contributed by atoms with E-state index in [9.17, 15) is 13.2 Å². The Morgan fingerprint density at radius 3 is 2.48 bits per heavy atom. The van der Waals surface area contributed by atoms with Gasteiger partial charge >= 0.3 is 5.97 Å². The number of sulfonamides is 1. The van der Waals surface area contributed by atoms with Crippen molar-refractivity contribution in [1.82, 2.24) is 9.21 Å². The van der Waals surface area contributed by atoms with Crippen LogP contribution in [0.3, 0.4) is 0 Å². The first kappa shape index (κ1) is 20.4. The Labute approximate surface area is 154 Å². The standard InChI is InChI=1S/C17H28N2O4S2/c1-6-19(7-2)25(21,22)17-15(16(20)23-5)13-8-9-18(10-12(3)4)11-14(13)24-17/h12H,6-11H2,1-5H3. The van der Waals surface area contributed by atoms with Gasteiger partial charge in [0.2, 0.25) is 0 Å². The van der Waals surface area contributed by atoms with Gasteiger partial charge in [-0.2, -0.15) is 4.31 Å². The molecular weight excluding hydrogens is 360 g/mol. The van der Waals surface area contributed by atoms with Crippen LogP contribution < -0.4 is 0 Å². The van der Waals surface area contributed by atoms with E-state index < -0.39 is 16.0 Å². The van der Waals surface area contributed by atoms with Gasteiger partial charge in [-0.1, -0.05) is 27.7 Å². The highest BCUT2D eigenvalue weighted by molar-refractivity contribution is 7.91. The Bertz CT molecular complexity index is 721. The zero-order valence-corrected chi connectivity index (χ0v) is 17.3. The van der Waals surface area contributed by atoms with Crippen molar-refractivity contribution in [2.75, 3.05) is 33.3 Å². The van der Waals surface area contributed by atoms with Gasteiger partial charge in [0.1, 0.15) is 4.21 Å². The molecule has 1 aromatic rings. The van der Waals surface area contributed by atoms with Gasteiger partial charge in [-0.3, -0.25) is 4.90 Å². The molecule has 0 aromatic carbocycles. The molecule has 0 aliphatic carbocycles. The molecule has 1 aliphatic heterocycles. The fourth-order valence-electron chi connectivity index (χ4n) is 3.27. The molecular formula is C17H28N2O4S2. The van der Waals surface area contributed by atoms with Crippen LogP contribution in [0.25, 0.3) is 0 Å². The van der Waals surface area contributed by atoms with Gasteiger partial charge in [0.05, 0.1) is 12.7 Å². The summed E-state index contributed by atoms with van der Waals surface area (Å²) in [4.78, 5) is 15.6. The van der Waals surface area contributed by atoms with Crippen molar-refractivity contribution in [3.63, 3.8) is 0 Å². The smallest absolute Gasteiger partial charge is 0.340 e. The summed E-state index contributed by atoms with van der Waals surface area (Å²) in [6.45, 7) is 11.2. The van der Waals surface area contributed by atoms with E-state index in [1.165, 1.54) is 22.8 Å². The molecule has 0 saturated heterocycles. The third kappa shape index (κ3) is 4.07. The van der Waals surface area contributed by atoms with E-state index in [4.69, 9.17) is 4.74 Å². The van der Waals surface area contributed by atoms with Crippen LogP contribution in [0.4, 0.5) is 0 Å². The summed E-state index contributed by atoms with van der Waals surface area (Å²) in [6, 6.07) is 0. The molecule has 6 nitrogen and oxygen atoms in total. The number of carbonyl (C=O) groups is 1. The predicted octanol–water partition coefficient (Wildman–Crippen LogP) is 2.58. The first-order valence-electron chi connectivity index (χ1n) is 8.71. The number of thiophene rings is 1. The van der Waals surface area contributed by atoms with Crippen LogP contribution in [0, 0.1) is 5.92 Å². The second-order valence-electron chi connectivity index (χ2n) is 6.63. The van der Waals surface area contributed by atoms with Crippen LogP contribution in [-0.2, 0) is 27.7 Å². The summed E-state index contributed by atoms with van der Waals surface area (Å²) in [5.41, 5.74) is 1.10. The van der Waals surface area contributed by atoms with Crippen molar-refractivity contribution in [2.24, 2.45) is 5.92 Å². The molecule has 0 unspecified atom stereocenters. The molecule has 0 spiro atoms. The zero-order chi connectivity index (χ0) is 18.8. The number of carbonyl (C=O) groups excluding carboxylic acids is 1. The topological polar surface area (TPSA) is 66.9 Å². The average molecular weight is 389 g/mol. The summed E-state index contributed by atoms with van der Waals surface area (Å²) in [5, 5.41) is 0. The molecule has 0 N–H and O–H groups in total. The zero-order valence-electron chi connectivity index (χ0n) is 15.7. The Hall–Kier alpha value is -0.960. The molecule has 2 rings (SSSR count). The van der Waals surface area contributed by atoms with Crippen molar-refractivity contribution in [3.8, 4) is 0 Å². The van der Waals surface area contributed by atoms with E-state index in [0.29, 0.717) is 32.0 Å². The lowest BCUT2D eigenvalue weighted by Crippen LogP contribution is -2.33. The van der Waals surface area contributed by atoms with Crippen LogP contribution in [0.15, 0.2) is 4.21 Å². The normalized spacial score (nSPS) is 15.6. The van der Waals surface area contributed by atoms with Crippen molar-refractivity contribution in [3.05, 3.63) is 16.0 Å². The molecule has 8 heteroatoms. The Kier molecular flexibility index (Phi) is 6.64. The number of methoxy groups -OCH3 is 1. The van der Waals surface area contributed by atoms with Gasteiger partial charge in [-0.25, -0.2) is 13.2 Å². The first-order chi connectivity index (χ1) is 11.8. The quantitative estimate of drug-likeness (QED) is 0.672. The maximum Gasteiger partial charge on any atom is 0.340 e. The highest BCUT2D eigenvalue weighted by atomic mass is 32.2. The molecule has 142 valence electrons. The van der Waals surface area contributed by atoms with E-state index >= 15 is 0 Å². The maximum atomic E-state index is 13.0.